The van der Waals surface area contributed by atoms with Gasteiger partial charge in [-0.3, -0.25) is 14.4 Å². The third kappa shape index (κ3) is 18.8. The SMILES string of the molecule is CC(C)[C@H](NC(=O)CCOCCOCCN=[N+]=[N-])C(=O)N[C@@H](C)C(=O)NCCNC(=O)OCC(C)(C)C. The molecule has 0 aromatic carbocycles. The van der Waals surface area contributed by atoms with Crippen molar-refractivity contribution >= 4 is 23.8 Å². The number of ether oxygens (including phenoxy) is 3. The lowest BCUT2D eigenvalue weighted by atomic mass is 9.99. The molecular formula is C23H43N7O7. The predicted octanol–water partition coefficient (Wildman–Crippen LogP) is 1.25. The molecule has 4 amide bonds. The van der Waals surface area contributed by atoms with Crippen LogP contribution in [0.1, 0.15) is 48.0 Å². The van der Waals surface area contributed by atoms with Crippen LogP contribution in [-0.2, 0) is 28.6 Å². The highest BCUT2D eigenvalue weighted by atomic mass is 16.5. The van der Waals surface area contributed by atoms with Gasteiger partial charge in [-0.05, 0) is 23.8 Å². The quantitative estimate of drug-likeness (QED) is 0.0887. The molecule has 0 aliphatic heterocycles. The van der Waals surface area contributed by atoms with Crippen molar-refractivity contribution in [3.63, 3.8) is 0 Å². The van der Waals surface area contributed by atoms with Crippen molar-refractivity contribution in [1.82, 2.24) is 21.3 Å². The van der Waals surface area contributed by atoms with Gasteiger partial charge in [0.05, 0.1) is 33.0 Å². The Labute approximate surface area is 218 Å². The molecular weight excluding hydrogens is 486 g/mol. The summed E-state index contributed by atoms with van der Waals surface area (Å²) in [6, 6.07) is -1.67. The summed E-state index contributed by atoms with van der Waals surface area (Å²) in [5, 5.41) is 13.8. The number of nitrogens with zero attached hydrogens (tertiary/aromatic N) is 3. The summed E-state index contributed by atoms with van der Waals surface area (Å²) in [5.41, 5.74) is 8.01. The molecule has 2 atom stereocenters. The first-order valence-corrected chi connectivity index (χ1v) is 12.3. The summed E-state index contributed by atoms with van der Waals surface area (Å²) in [6.07, 6.45) is -0.516. The normalized spacial score (nSPS) is 12.6. The first-order chi connectivity index (χ1) is 17.4. The molecule has 0 aromatic rings. The molecule has 0 radical (unpaired) electrons. The Bertz CT molecular complexity index is 765. The molecule has 212 valence electrons. The Balaban J connectivity index is 4.27. The number of alkyl carbamates (subject to hydrolysis) is 1. The van der Waals surface area contributed by atoms with Gasteiger partial charge in [0.2, 0.25) is 17.7 Å². The van der Waals surface area contributed by atoms with Gasteiger partial charge in [0.15, 0.2) is 0 Å². The number of hydrogen-bond donors (Lipinski definition) is 4. The lowest BCUT2D eigenvalue weighted by Crippen LogP contribution is -2.55. The van der Waals surface area contributed by atoms with E-state index in [2.05, 4.69) is 31.3 Å². The lowest BCUT2D eigenvalue weighted by molar-refractivity contribution is -0.133. The number of amides is 4. The van der Waals surface area contributed by atoms with E-state index in [9.17, 15) is 19.2 Å². The second-order valence-electron chi connectivity index (χ2n) is 9.80. The highest BCUT2D eigenvalue weighted by Gasteiger charge is 2.26. The van der Waals surface area contributed by atoms with Gasteiger partial charge < -0.3 is 35.5 Å². The zero-order valence-corrected chi connectivity index (χ0v) is 22.8. The molecule has 14 nitrogen and oxygen atoms in total. The summed E-state index contributed by atoms with van der Waals surface area (Å²) < 4.78 is 15.6. The third-order valence-corrected chi connectivity index (χ3v) is 4.59. The second kappa shape index (κ2) is 19.1. The summed E-state index contributed by atoms with van der Waals surface area (Å²) in [5.74, 6) is -1.49. The molecule has 37 heavy (non-hydrogen) atoms. The summed E-state index contributed by atoms with van der Waals surface area (Å²) in [6.45, 7) is 12.8. The van der Waals surface area contributed by atoms with Crippen LogP contribution >= 0.6 is 0 Å². The fourth-order valence-corrected chi connectivity index (χ4v) is 2.62. The molecule has 0 saturated heterocycles. The minimum absolute atomic E-state index is 0.0520. The Kier molecular flexibility index (Phi) is 17.5. The molecule has 0 aliphatic rings. The number of carbonyl (C=O) groups excluding carboxylic acids is 4. The number of nitrogens with one attached hydrogen (secondary N) is 4. The summed E-state index contributed by atoms with van der Waals surface area (Å²) in [7, 11) is 0. The Morgan fingerprint density at radius 1 is 0.892 bits per heavy atom. The minimum atomic E-state index is -0.847. The maximum Gasteiger partial charge on any atom is 0.407 e. The predicted molar refractivity (Wildman–Crippen MR) is 136 cm³/mol. The van der Waals surface area contributed by atoms with Crippen molar-refractivity contribution in [3.8, 4) is 0 Å². The van der Waals surface area contributed by atoms with E-state index in [4.69, 9.17) is 19.7 Å². The van der Waals surface area contributed by atoms with Gasteiger partial charge in [-0.25, -0.2) is 4.79 Å². The average Bonchev–Trinajstić information content (AvgIpc) is 2.81. The molecule has 0 spiro atoms. The maximum absolute atomic E-state index is 12.7. The number of azide groups is 1. The first-order valence-electron chi connectivity index (χ1n) is 12.3. The van der Waals surface area contributed by atoms with Gasteiger partial charge in [0, 0.05) is 31.0 Å². The van der Waals surface area contributed by atoms with Crippen molar-refractivity contribution in [2.45, 2.75) is 60.0 Å². The third-order valence-electron chi connectivity index (χ3n) is 4.59. The molecule has 0 bridgehead atoms. The second-order valence-corrected chi connectivity index (χ2v) is 9.80. The zero-order valence-electron chi connectivity index (χ0n) is 22.8. The van der Waals surface area contributed by atoms with Crippen molar-refractivity contribution < 1.29 is 33.4 Å². The van der Waals surface area contributed by atoms with Gasteiger partial charge >= 0.3 is 6.09 Å². The van der Waals surface area contributed by atoms with Crippen LogP contribution in [0.3, 0.4) is 0 Å². The van der Waals surface area contributed by atoms with Crippen LogP contribution in [0.25, 0.3) is 10.4 Å². The van der Waals surface area contributed by atoms with Crippen LogP contribution < -0.4 is 21.3 Å². The van der Waals surface area contributed by atoms with E-state index in [1.54, 1.807) is 13.8 Å². The topological polar surface area (TPSA) is 193 Å². The Hall–Kier alpha value is -3.09. The summed E-state index contributed by atoms with van der Waals surface area (Å²) in [4.78, 5) is 51.5. The summed E-state index contributed by atoms with van der Waals surface area (Å²) >= 11 is 0. The van der Waals surface area contributed by atoms with E-state index >= 15 is 0 Å². The number of hydrogen-bond acceptors (Lipinski definition) is 8. The van der Waals surface area contributed by atoms with Gasteiger partial charge in [-0.15, -0.1) is 0 Å². The van der Waals surface area contributed by atoms with Crippen molar-refractivity contribution in [2.24, 2.45) is 16.4 Å². The zero-order chi connectivity index (χ0) is 28.3. The van der Waals surface area contributed by atoms with Crippen molar-refractivity contribution in [3.05, 3.63) is 10.4 Å². The van der Waals surface area contributed by atoms with E-state index in [1.165, 1.54) is 6.92 Å². The largest absolute Gasteiger partial charge is 0.449 e. The van der Waals surface area contributed by atoms with Crippen LogP contribution in [0, 0.1) is 11.3 Å². The average molecular weight is 530 g/mol. The lowest BCUT2D eigenvalue weighted by Gasteiger charge is -2.24. The molecule has 0 fully saturated rings. The monoisotopic (exact) mass is 529 g/mol. The van der Waals surface area contributed by atoms with E-state index < -0.39 is 30.0 Å². The van der Waals surface area contributed by atoms with E-state index in [-0.39, 0.29) is 63.1 Å². The van der Waals surface area contributed by atoms with Gasteiger partial charge in [-0.2, -0.15) is 0 Å². The first kappa shape index (κ1) is 33.9. The van der Waals surface area contributed by atoms with E-state index in [0.29, 0.717) is 13.2 Å². The van der Waals surface area contributed by atoms with Crippen LogP contribution in [0.4, 0.5) is 4.79 Å². The maximum atomic E-state index is 12.7. The van der Waals surface area contributed by atoms with Crippen molar-refractivity contribution in [2.75, 3.05) is 52.7 Å². The molecule has 0 aliphatic carbocycles. The minimum Gasteiger partial charge on any atom is -0.449 e. The fraction of sp³-hybridized carbons (Fsp3) is 0.826. The molecule has 0 unspecified atom stereocenters. The Morgan fingerprint density at radius 3 is 2.11 bits per heavy atom. The van der Waals surface area contributed by atoms with Gasteiger partial charge in [0.25, 0.3) is 0 Å². The molecule has 4 N–H and O–H groups in total. The van der Waals surface area contributed by atoms with E-state index in [0.717, 1.165) is 0 Å². The van der Waals surface area contributed by atoms with Crippen LogP contribution in [0.2, 0.25) is 0 Å². The number of rotatable bonds is 18. The highest BCUT2D eigenvalue weighted by molar-refractivity contribution is 5.92. The van der Waals surface area contributed by atoms with Crippen molar-refractivity contribution in [1.29, 1.82) is 0 Å². The van der Waals surface area contributed by atoms with E-state index in [1.807, 2.05) is 20.8 Å². The standard InChI is InChI=1S/C23H43N7O7/c1-16(2)19(29-18(31)7-11-35-13-14-36-12-10-27-30-24)21(33)28-17(3)20(32)25-8-9-26-22(34)37-15-23(4,5)6/h16-17,19H,7-15H2,1-6H3,(H,25,32)(H,26,34)(H,28,33)(H,29,31)/t17-,19-/m0/s1. The van der Waals surface area contributed by atoms with Crippen LogP contribution in [0.15, 0.2) is 5.11 Å². The highest BCUT2D eigenvalue weighted by Crippen LogP contribution is 2.12. The number of carbonyl (C=O) groups is 4. The molecule has 0 rings (SSSR count). The Morgan fingerprint density at radius 2 is 1.51 bits per heavy atom. The molecule has 14 heteroatoms. The van der Waals surface area contributed by atoms with Crippen LogP contribution in [0.5, 0.6) is 0 Å². The van der Waals surface area contributed by atoms with Crippen LogP contribution in [-0.4, -0.2) is 88.6 Å². The van der Waals surface area contributed by atoms with Gasteiger partial charge in [0.1, 0.15) is 12.1 Å². The molecule has 0 saturated carbocycles. The smallest absolute Gasteiger partial charge is 0.407 e. The fourth-order valence-electron chi connectivity index (χ4n) is 2.62. The van der Waals surface area contributed by atoms with Gasteiger partial charge in [-0.1, -0.05) is 39.7 Å². The molecule has 0 heterocycles. The molecule has 0 aromatic heterocycles.